The van der Waals surface area contributed by atoms with Gasteiger partial charge in [0.2, 0.25) is 11.8 Å². The summed E-state index contributed by atoms with van der Waals surface area (Å²) in [7, 11) is 0. The number of piperidine rings is 2. The Morgan fingerprint density at radius 3 is 2.29 bits per heavy atom. The van der Waals surface area contributed by atoms with E-state index in [1.54, 1.807) is 23.1 Å². The van der Waals surface area contributed by atoms with E-state index in [2.05, 4.69) is 0 Å². The van der Waals surface area contributed by atoms with Crippen molar-refractivity contribution in [2.24, 2.45) is 5.41 Å². The molecule has 0 aromatic heterocycles. The minimum absolute atomic E-state index is 0.0791. The highest BCUT2D eigenvalue weighted by atomic mass is 35.5. The Hall–Kier alpha value is -2.31. The van der Waals surface area contributed by atoms with Crippen LogP contribution in [0, 0.1) is 11.2 Å². The number of nitrogens with zero attached hydrogens (tertiary/aromatic N) is 2. The molecule has 0 N–H and O–H groups in total. The molecule has 0 spiro atoms. The molecule has 2 amide bonds. The predicted octanol–water partition coefficient (Wildman–Crippen LogP) is 5.77. The Bertz CT molecular complexity index is 1030. The summed E-state index contributed by atoms with van der Waals surface area (Å²) in [5.41, 5.74) is -0.163. The van der Waals surface area contributed by atoms with Crippen molar-refractivity contribution in [2.45, 2.75) is 44.9 Å². The number of hydrogen-bond acceptors (Lipinski definition) is 3. The van der Waals surface area contributed by atoms with Crippen molar-refractivity contribution >= 4 is 35.0 Å². The van der Waals surface area contributed by atoms with Crippen molar-refractivity contribution < 1.29 is 18.7 Å². The van der Waals surface area contributed by atoms with Crippen molar-refractivity contribution in [3.8, 4) is 5.75 Å². The van der Waals surface area contributed by atoms with Crippen LogP contribution in [0.3, 0.4) is 0 Å². The SMILES string of the molecule is O=C(Cc1c(F)cccc1Cl)N1CCC(COc2cccc(Cl)c2)(CC(=O)N2CCCCC2)CC1. The molecule has 4 rings (SSSR count). The second kappa shape index (κ2) is 11.6. The number of benzene rings is 2. The Kier molecular flexibility index (Phi) is 8.55. The lowest BCUT2D eigenvalue weighted by Gasteiger charge is -2.42. The summed E-state index contributed by atoms with van der Waals surface area (Å²) in [6.45, 7) is 2.94. The fourth-order valence-corrected chi connectivity index (χ4v) is 5.35. The Labute approximate surface area is 216 Å². The van der Waals surface area contributed by atoms with E-state index < -0.39 is 5.82 Å². The molecule has 8 heteroatoms. The summed E-state index contributed by atoms with van der Waals surface area (Å²) in [6.07, 6.45) is 4.81. The second-order valence-corrected chi connectivity index (χ2v) is 10.5. The maximum atomic E-state index is 14.2. The zero-order chi connectivity index (χ0) is 24.8. The second-order valence-electron chi connectivity index (χ2n) is 9.62. The first-order chi connectivity index (χ1) is 16.8. The number of amides is 2. The number of rotatable bonds is 7. The maximum Gasteiger partial charge on any atom is 0.227 e. The van der Waals surface area contributed by atoms with Gasteiger partial charge in [-0.1, -0.05) is 35.3 Å². The van der Waals surface area contributed by atoms with Gasteiger partial charge in [-0.3, -0.25) is 9.59 Å². The van der Waals surface area contributed by atoms with Gasteiger partial charge >= 0.3 is 0 Å². The van der Waals surface area contributed by atoms with Crippen LogP contribution in [0.2, 0.25) is 10.0 Å². The Balaban J connectivity index is 1.43. The molecule has 5 nitrogen and oxygen atoms in total. The normalized spacial score (nSPS) is 17.8. The first kappa shape index (κ1) is 25.8. The molecular formula is C27H31Cl2FN2O3. The van der Waals surface area contributed by atoms with Crippen LogP contribution in [0.5, 0.6) is 5.75 Å². The van der Waals surface area contributed by atoms with Gasteiger partial charge in [-0.2, -0.15) is 0 Å². The lowest BCUT2D eigenvalue weighted by atomic mass is 9.75. The van der Waals surface area contributed by atoms with E-state index in [-0.39, 0.29) is 34.2 Å². The summed E-state index contributed by atoms with van der Waals surface area (Å²) in [6, 6.07) is 11.7. The highest BCUT2D eigenvalue weighted by Gasteiger charge is 2.40. The molecule has 35 heavy (non-hydrogen) atoms. The molecule has 0 radical (unpaired) electrons. The number of carbonyl (C=O) groups is 2. The van der Waals surface area contributed by atoms with Gasteiger partial charge in [-0.25, -0.2) is 4.39 Å². The minimum Gasteiger partial charge on any atom is -0.493 e. The predicted molar refractivity (Wildman–Crippen MR) is 135 cm³/mol. The first-order valence-electron chi connectivity index (χ1n) is 12.2. The van der Waals surface area contributed by atoms with Gasteiger partial charge in [0, 0.05) is 53.6 Å². The van der Waals surface area contributed by atoms with Crippen LogP contribution in [-0.2, 0) is 16.0 Å². The average molecular weight is 521 g/mol. The zero-order valence-corrected chi connectivity index (χ0v) is 21.3. The smallest absolute Gasteiger partial charge is 0.227 e. The van der Waals surface area contributed by atoms with Crippen LogP contribution in [0.15, 0.2) is 42.5 Å². The topological polar surface area (TPSA) is 49.9 Å². The summed E-state index contributed by atoms with van der Waals surface area (Å²) in [5.74, 6) is 0.176. The molecule has 0 atom stereocenters. The van der Waals surface area contributed by atoms with Crippen molar-refractivity contribution in [1.29, 1.82) is 0 Å². The Morgan fingerprint density at radius 1 is 0.914 bits per heavy atom. The molecule has 2 aromatic rings. The molecule has 2 aliphatic heterocycles. The highest BCUT2D eigenvalue weighted by molar-refractivity contribution is 6.31. The van der Waals surface area contributed by atoms with Crippen LogP contribution >= 0.6 is 23.2 Å². The molecule has 188 valence electrons. The van der Waals surface area contributed by atoms with Gasteiger partial charge in [0.15, 0.2) is 0 Å². The lowest BCUT2D eigenvalue weighted by Crippen LogP contribution is -2.48. The largest absolute Gasteiger partial charge is 0.493 e. The minimum atomic E-state index is -0.473. The standard InChI is InChI=1S/C27H31Cl2FN2O3/c28-20-6-4-7-21(16-20)35-19-27(18-26(34)31-12-2-1-3-13-31)10-14-32(15-11-27)25(33)17-22-23(29)8-5-9-24(22)30/h4-9,16H,1-3,10-15,17-19H2. The van der Waals surface area contributed by atoms with Crippen LogP contribution < -0.4 is 4.74 Å². The number of likely N-dealkylation sites (tertiary alicyclic amines) is 2. The van der Waals surface area contributed by atoms with E-state index in [1.807, 2.05) is 17.0 Å². The van der Waals surface area contributed by atoms with E-state index in [0.29, 0.717) is 49.7 Å². The highest BCUT2D eigenvalue weighted by Crippen LogP contribution is 2.37. The molecule has 0 aliphatic carbocycles. The van der Waals surface area contributed by atoms with Gasteiger partial charge in [0.1, 0.15) is 11.6 Å². The van der Waals surface area contributed by atoms with E-state index in [0.717, 1.165) is 32.4 Å². The third-order valence-electron chi connectivity index (χ3n) is 7.14. The van der Waals surface area contributed by atoms with Crippen LogP contribution in [0.25, 0.3) is 0 Å². The summed E-state index contributed by atoms with van der Waals surface area (Å²) in [5, 5.41) is 0.847. The third-order valence-corrected chi connectivity index (χ3v) is 7.73. The van der Waals surface area contributed by atoms with E-state index >= 15 is 0 Å². The average Bonchev–Trinajstić information content (AvgIpc) is 2.86. The van der Waals surface area contributed by atoms with E-state index in [4.69, 9.17) is 27.9 Å². The number of ether oxygens (including phenoxy) is 1. The lowest BCUT2D eigenvalue weighted by molar-refractivity contribution is -0.138. The van der Waals surface area contributed by atoms with Crippen LogP contribution in [0.4, 0.5) is 4.39 Å². The summed E-state index contributed by atoms with van der Waals surface area (Å²) >= 11 is 12.2. The number of carbonyl (C=O) groups excluding carboxylic acids is 2. The number of halogens is 3. The fourth-order valence-electron chi connectivity index (χ4n) is 4.94. The van der Waals surface area contributed by atoms with Crippen LogP contribution in [-0.4, -0.2) is 54.4 Å². The quantitative estimate of drug-likeness (QED) is 0.465. The fraction of sp³-hybridized carbons (Fsp3) is 0.481. The molecule has 2 saturated heterocycles. The van der Waals surface area contributed by atoms with Crippen molar-refractivity contribution in [3.63, 3.8) is 0 Å². The van der Waals surface area contributed by atoms with E-state index in [9.17, 15) is 14.0 Å². The molecule has 2 aromatic carbocycles. The summed E-state index contributed by atoms with van der Waals surface area (Å²) < 4.78 is 20.3. The molecule has 0 saturated carbocycles. The molecule has 0 bridgehead atoms. The molecule has 0 unspecified atom stereocenters. The van der Waals surface area contributed by atoms with Crippen LogP contribution in [0.1, 0.15) is 44.1 Å². The van der Waals surface area contributed by atoms with Gasteiger partial charge in [-0.05, 0) is 62.4 Å². The molecule has 2 aliphatic rings. The number of hydrogen-bond donors (Lipinski definition) is 0. The maximum absolute atomic E-state index is 14.2. The van der Waals surface area contributed by atoms with Gasteiger partial charge in [0.25, 0.3) is 0 Å². The Morgan fingerprint density at radius 2 is 1.60 bits per heavy atom. The van der Waals surface area contributed by atoms with Gasteiger partial charge in [-0.15, -0.1) is 0 Å². The molecule has 2 heterocycles. The monoisotopic (exact) mass is 520 g/mol. The van der Waals surface area contributed by atoms with E-state index in [1.165, 1.54) is 12.1 Å². The van der Waals surface area contributed by atoms with Crippen molar-refractivity contribution in [1.82, 2.24) is 9.80 Å². The summed E-state index contributed by atoms with van der Waals surface area (Å²) in [4.78, 5) is 29.8. The van der Waals surface area contributed by atoms with Crippen molar-refractivity contribution in [3.05, 3.63) is 63.9 Å². The van der Waals surface area contributed by atoms with Gasteiger partial charge in [0.05, 0.1) is 13.0 Å². The van der Waals surface area contributed by atoms with Crippen molar-refractivity contribution in [2.75, 3.05) is 32.8 Å². The third kappa shape index (κ3) is 6.68. The van der Waals surface area contributed by atoms with Gasteiger partial charge < -0.3 is 14.5 Å². The zero-order valence-electron chi connectivity index (χ0n) is 19.8. The first-order valence-corrected chi connectivity index (χ1v) is 13.0. The molecule has 2 fully saturated rings. The molecular weight excluding hydrogens is 490 g/mol.